The number of fused-ring (bicyclic) bond motifs is 2. The third kappa shape index (κ3) is 2.82. The van der Waals surface area contributed by atoms with E-state index in [-0.39, 0.29) is 0 Å². The van der Waals surface area contributed by atoms with Gasteiger partial charge in [-0.25, -0.2) is 0 Å². The van der Waals surface area contributed by atoms with Crippen LogP contribution in [0, 0.1) is 6.92 Å². The van der Waals surface area contributed by atoms with Gasteiger partial charge in [-0.3, -0.25) is 4.98 Å². The number of hydrogen-bond acceptors (Lipinski definition) is 2. The zero-order valence-corrected chi connectivity index (χ0v) is 14.2. The van der Waals surface area contributed by atoms with Crippen LogP contribution in [-0.2, 0) is 12.8 Å². The molecule has 0 bridgehead atoms. The Balaban J connectivity index is 1.99. The van der Waals surface area contributed by atoms with E-state index in [1.807, 2.05) is 6.07 Å². The maximum atomic E-state index is 6.26. The van der Waals surface area contributed by atoms with Gasteiger partial charge in [0.1, 0.15) is 0 Å². The van der Waals surface area contributed by atoms with E-state index in [1.54, 1.807) is 0 Å². The van der Waals surface area contributed by atoms with E-state index < -0.39 is 0 Å². The van der Waals surface area contributed by atoms with Crippen molar-refractivity contribution in [3.05, 3.63) is 69.0 Å². The SMILES string of the molecule is Cc1ccc2c(n1)C(=C1CCNCC1)c1ccc(Cl)cc1CC2. The Morgan fingerprint density at radius 3 is 2.57 bits per heavy atom. The highest BCUT2D eigenvalue weighted by Crippen LogP contribution is 2.37. The van der Waals surface area contributed by atoms with Crippen molar-refractivity contribution in [1.82, 2.24) is 10.3 Å². The van der Waals surface area contributed by atoms with Gasteiger partial charge in [0, 0.05) is 16.3 Å². The molecule has 1 fully saturated rings. The predicted octanol–water partition coefficient (Wildman–Crippen LogP) is 4.33. The number of aromatic nitrogens is 1. The molecule has 0 radical (unpaired) electrons. The fourth-order valence-corrected chi connectivity index (χ4v) is 3.94. The summed E-state index contributed by atoms with van der Waals surface area (Å²) in [5, 5.41) is 4.29. The fraction of sp³-hybridized carbons (Fsp3) is 0.350. The van der Waals surface area contributed by atoms with Crippen molar-refractivity contribution in [3.63, 3.8) is 0 Å². The van der Waals surface area contributed by atoms with Crippen LogP contribution in [0.3, 0.4) is 0 Å². The molecule has 1 N–H and O–H groups in total. The van der Waals surface area contributed by atoms with E-state index in [1.165, 1.54) is 33.5 Å². The Bertz CT molecular complexity index is 784. The van der Waals surface area contributed by atoms with Gasteiger partial charge in [0.05, 0.1) is 5.69 Å². The second-order valence-corrected chi connectivity index (χ2v) is 6.93. The van der Waals surface area contributed by atoms with Gasteiger partial charge >= 0.3 is 0 Å². The first-order valence-corrected chi connectivity index (χ1v) is 8.78. The molecule has 2 nitrogen and oxygen atoms in total. The molecular weight excluding hydrogens is 304 g/mol. The number of aryl methyl sites for hydroxylation is 3. The number of nitrogens with zero attached hydrogens (tertiary/aromatic N) is 1. The molecule has 0 unspecified atom stereocenters. The Labute approximate surface area is 142 Å². The molecule has 118 valence electrons. The molecule has 4 rings (SSSR count). The average molecular weight is 325 g/mol. The van der Waals surface area contributed by atoms with Crippen molar-refractivity contribution in [3.8, 4) is 0 Å². The summed E-state index contributed by atoms with van der Waals surface area (Å²) in [6.07, 6.45) is 4.27. The van der Waals surface area contributed by atoms with Crippen LogP contribution in [-0.4, -0.2) is 18.1 Å². The normalized spacial score (nSPS) is 17.5. The van der Waals surface area contributed by atoms with Crippen molar-refractivity contribution in [2.24, 2.45) is 0 Å². The zero-order chi connectivity index (χ0) is 15.8. The van der Waals surface area contributed by atoms with Crippen LogP contribution in [0.15, 0.2) is 35.9 Å². The molecule has 0 atom stereocenters. The van der Waals surface area contributed by atoms with Crippen molar-refractivity contribution in [1.29, 1.82) is 0 Å². The van der Waals surface area contributed by atoms with Gasteiger partial charge in [0.25, 0.3) is 0 Å². The van der Waals surface area contributed by atoms with Crippen molar-refractivity contribution >= 4 is 17.2 Å². The molecule has 2 heterocycles. The lowest BCUT2D eigenvalue weighted by Crippen LogP contribution is -2.24. The topological polar surface area (TPSA) is 24.9 Å². The maximum absolute atomic E-state index is 6.26. The van der Waals surface area contributed by atoms with E-state index in [4.69, 9.17) is 16.6 Å². The Morgan fingerprint density at radius 1 is 0.957 bits per heavy atom. The van der Waals surface area contributed by atoms with Gasteiger partial charge in [0.15, 0.2) is 0 Å². The minimum Gasteiger partial charge on any atom is -0.316 e. The smallest absolute Gasteiger partial charge is 0.0742 e. The van der Waals surface area contributed by atoms with Gasteiger partial charge in [-0.15, -0.1) is 0 Å². The molecule has 1 aliphatic heterocycles. The lowest BCUT2D eigenvalue weighted by atomic mass is 9.89. The summed E-state index contributed by atoms with van der Waals surface area (Å²) in [4.78, 5) is 4.94. The lowest BCUT2D eigenvalue weighted by Gasteiger charge is -2.22. The first-order valence-electron chi connectivity index (χ1n) is 8.41. The summed E-state index contributed by atoms with van der Waals surface area (Å²) in [7, 11) is 0. The highest BCUT2D eigenvalue weighted by atomic mass is 35.5. The summed E-state index contributed by atoms with van der Waals surface area (Å²) < 4.78 is 0. The summed E-state index contributed by atoms with van der Waals surface area (Å²) >= 11 is 6.26. The van der Waals surface area contributed by atoms with E-state index in [0.717, 1.165) is 49.5 Å². The van der Waals surface area contributed by atoms with Crippen LogP contribution < -0.4 is 5.32 Å². The zero-order valence-electron chi connectivity index (χ0n) is 13.5. The Morgan fingerprint density at radius 2 is 1.74 bits per heavy atom. The Hall–Kier alpha value is -1.64. The van der Waals surface area contributed by atoms with Crippen molar-refractivity contribution in [2.45, 2.75) is 32.6 Å². The van der Waals surface area contributed by atoms with Crippen LogP contribution in [0.2, 0.25) is 5.02 Å². The maximum Gasteiger partial charge on any atom is 0.0742 e. The molecule has 2 aromatic rings. The van der Waals surface area contributed by atoms with Crippen LogP contribution in [0.4, 0.5) is 0 Å². The van der Waals surface area contributed by atoms with Gasteiger partial charge < -0.3 is 5.32 Å². The van der Waals surface area contributed by atoms with Crippen LogP contribution in [0.1, 0.15) is 40.9 Å². The standard InChI is InChI=1S/C20H21ClN2/c1-13-2-3-15-4-5-16-12-17(21)6-7-18(16)19(20(15)23-13)14-8-10-22-11-9-14/h2-3,6-7,12,22H,4-5,8-11H2,1H3. The lowest BCUT2D eigenvalue weighted by molar-refractivity contribution is 0.611. The van der Waals surface area contributed by atoms with Gasteiger partial charge in [0.2, 0.25) is 0 Å². The monoisotopic (exact) mass is 324 g/mol. The van der Waals surface area contributed by atoms with E-state index in [0.29, 0.717) is 0 Å². The van der Waals surface area contributed by atoms with Gasteiger partial charge in [-0.2, -0.15) is 0 Å². The van der Waals surface area contributed by atoms with E-state index in [9.17, 15) is 0 Å². The minimum absolute atomic E-state index is 0.827. The second-order valence-electron chi connectivity index (χ2n) is 6.49. The van der Waals surface area contributed by atoms with Gasteiger partial charge in [-0.1, -0.05) is 29.3 Å². The minimum atomic E-state index is 0.827. The first-order chi connectivity index (χ1) is 11.2. The molecular formula is C20H21ClN2. The highest BCUT2D eigenvalue weighted by Gasteiger charge is 2.23. The van der Waals surface area contributed by atoms with Crippen molar-refractivity contribution < 1.29 is 0 Å². The first kappa shape index (κ1) is 14.9. The molecule has 1 aromatic carbocycles. The highest BCUT2D eigenvalue weighted by molar-refractivity contribution is 6.30. The molecule has 1 aromatic heterocycles. The molecule has 0 amide bonds. The number of piperidine rings is 1. The summed E-state index contributed by atoms with van der Waals surface area (Å²) in [6.45, 7) is 4.20. The molecule has 23 heavy (non-hydrogen) atoms. The second kappa shape index (κ2) is 6.10. The quantitative estimate of drug-likeness (QED) is 0.780. The summed E-state index contributed by atoms with van der Waals surface area (Å²) in [5.74, 6) is 0. The van der Waals surface area contributed by atoms with E-state index in [2.05, 4.69) is 36.5 Å². The van der Waals surface area contributed by atoms with Crippen LogP contribution in [0.5, 0.6) is 0 Å². The predicted molar refractivity (Wildman–Crippen MR) is 96.0 cm³/mol. The number of rotatable bonds is 0. The number of hydrogen-bond donors (Lipinski definition) is 1. The third-order valence-corrected chi connectivity index (χ3v) is 5.15. The van der Waals surface area contributed by atoms with E-state index >= 15 is 0 Å². The molecule has 2 aliphatic rings. The molecule has 3 heteroatoms. The average Bonchev–Trinajstić information content (AvgIpc) is 2.72. The van der Waals surface area contributed by atoms with Gasteiger partial charge in [-0.05, 0) is 80.6 Å². The third-order valence-electron chi connectivity index (χ3n) is 4.92. The van der Waals surface area contributed by atoms with Crippen LogP contribution in [0.25, 0.3) is 5.57 Å². The molecule has 1 aliphatic carbocycles. The Kier molecular flexibility index (Phi) is 3.96. The molecule has 1 saturated heterocycles. The number of halogens is 1. The largest absolute Gasteiger partial charge is 0.316 e. The molecule has 0 spiro atoms. The number of nitrogens with one attached hydrogen (secondary N) is 1. The fourth-order valence-electron chi connectivity index (χ4n) is 3.75. The number of benzene rings is 1. The molecule has 0 saturated carbocycles. The number of pyridine rings is 1. The summed E-state index contributed by atoms with van der Waals surface area (Å²) in [6, 6.07) is 10.7. The van der Waals surface area contributed by atoms with Crippen LogP contribution >= 0.6 is 11.6 Å². The van der Waals surface area contributed by atoms with Crippen molar-refractivity contribution in [2.75, 3.05) is 13.1 Å². The summed E-state index contributed by atoms with van der Waals surface area (Å²) in [5.41, 5.74) is 9.25.